The molecule has 0 bridgehead atoms. The Bertz CT molecular complexity index is 1410. The van der Waals surface area contributed by atoms with Crippen LogP contribution in [0.5, 0.6) is 0 Å². The summed E-state index contributed by atoms with van der Waals surface area (Å²) in [6.07, 6.45) is -10.4. The van der Waals surface area contributed by atoms with Crippen LogP contribution in [0.3, 0.4) is 0 Å². The fourth-order valence-electron chi connectivity index (χ4n) is 5.01. The average Bonchev–Trinajstić information content (AvgIpc) is 3.38. The van der Waals surface area contributed by atoms with Crippen LogP contribution in [0, 0.1) is 6.92 Å². The molecule has 10 nitrogen and oxygen atoms in total. The quantitative estimate of drug-likeness (QED) is 0.324. The number of alkyl halides is 6. The smallest absolute Gasteiger partial charge is 0.416 e. The molecule has 2 unspecified atom stereocenters. The van der Waals surface area contributed by atoms with Crippen molar-refractivity contribution in [3.63, 3.8) is 0 Å². The molecule has 4 rings (SSSR count). The first kappa shape index (κ1) is 32.0. The van der Waals surface area contributed by atoms with Gasteiger partial charge in [0.2, 0.25) is 0 Å². The molecule has 0 fully saturated rings. The molecule has 1 amide bonds. The Labute approximate surface area is 243 Å². The van der Waals surface area contributed by atoms with Crippen molar-refractivity contribution >= 4 is 17.7 Å². The standard InChI is InChI=1S/C27H32F6N8O2/c1-5-20-13-22(23-21(7-6-16(4)35-23)41(20)25(42)43-15(2)3)39(24-36-38-40(37-24)9-8-34)14-17-10-18(26(28,29)30)12-19(11-17)27(31,32)33/h6-7,10-12,15,20,22H,5,8-9,13-14,34H2,1-4H3. The summed E-state index contributed by atoms with van der Waals surface area (Å²) in [6, 6.07) is 3.59. The zero-order valence-corrected chi connectivity index (χ0v) is 23.9. The number of hydrogen-bond acceptors (Lipinski definition) is 8. The summed E-state index contributed by atoms with van der Waals surface area (Å²) in [5.74, 6) is -0.0493. The number of hydrogen-bond donors (Lipinski definition) is 1. The van der Waals surface area contributed by atoms with E-state index in [2.05, 4.69) is 20.4 Å². The molecule has 2 atom stereocenters. The zero-order valence-electron chi connectivity index (χ0n) is 23.9. The first-order valence-electron chi connectivity index (χ1n) is 13.6. The van der Waals surface area contributed by atoms with Crippen molar-refractivity contribution in [2.75, 3.05) is 16.3 Å². The van der Waals surface area contributed by atoms with E-state index in [1.54, 1.807) is 32.9 Å². The highest BCUT2D eigenvalue weighted by Gasteiger charge is 2.42. The maximum absolute atomic E-state index is 13.7. The summed E-state index contributed by atoms with van der Waals surface area (Å²) in [4.78, 5) is 22.0. The molecule has 3 heterocycles. The van der Waals surface area contributed by atoms with Gasteiger partial charge < -0.3 is 15.4 Å². The molecule has 1 aliphatic heterocycles. The van der Waals surface area contributed by atoms with Gasteiger partial charge in [0.15, 0.2) is 0 Å². The Hall–Kier alpha value is -3.95. The van der Waals surface area contributed by atoms with Crippen LogP contribution in [0.4, 0.5) is 42.8 Å². The molecular weight excluding hydrogens is 582 g/mol. The lowest BCUT2D eigenvalue weighted by molar-refractivity contribution is -0.143. The molecule has 1 aliphatic rings. The Morgan fingerprint density at radius 1 is 1.12 bits per heavy atom. The summed E-state index contributed by atoms with van der Waals surface area (Å²) >= 11 is 0. The number of aryl methyl sites for hydroxylation is 1. The molecule has 0 spiro atoms. The van der Waals surface area contributed by atoms with Crippen molar-refractivity contribution in [3.05, 3.63) is 58.4 Å². The number of tetrazole rings is 1. The first-order valence-corrected chi connectivity index (χ1v) is 13.6. The topological polar surface area (TPSA) is 115 Å². The summed E-state index contributed by atoms with van der Waals surface area (Å²) in [6.45, 7) is 6.89. The number of halogens is 6. The maximum Gasteiger partial charge on any atom is 0.416 e. The molecule has 0 saturated carbocycles. The third-order valence-corrected chi connectivity index (χ3v) is 6.89. The average molecular weight is 615 g/mol. The van der Waals surface area contributed by atoms with Gasteiger partial charge in [-0.15, -0.1) is 5.10 Å². The lowest BCUT2D eigenvalue weighted by atomic mass is 9.91. The van der Waals surface area contributed by atoms with Crippen molar-refractivity contribution in [1.29, 1.82) is 0 Å². The van der Waals surface area contributed by atoms with E-state index in [0.29, 0.717) is 35.6 Å². The van der Waals surface area contributed by atoms with E-state index in [9.17, 15) is 31.1 Å². The second-order valence-corrected chi connectivity index (χ2v) is 10.5. The minimum absolute atomic E-state index is 0.0493. The molecule has 2 N–H and O–H groups in total. The van der Waals surface area contributed by atoms with Crippen LogP contribution >= 0.6 is 0 Å². The van der Waals surface area contributed by atoms with Crippen LogP contribution in [0.15, 0.2) is 30.3 Å². The fraction of sp³-hybridized carbons (Fsp3) is 0.519. The van der Waals surface area contributed by atoms with Crippen molar-refractivity contribution in [2.24, 2.45) is 5.73 Å². The lowest BCUT2D eigenvalue weighted by Crippen LogP contribution is -2.48. The van der Waals surface area contributed by atoms with Crippen LogP contribution in [0.25, 0.3) is 0 Å². The predicted octanol–water partition coefficient (Wildman–Crippen LogP) is 5.65. The highest BCUT2D eigenvalue weighted by atomic mass is 19.4. The highest BCUT2D eigenvalue weighted by Crippen LogP contribution is 2.43. The minimum Gasteiger partial charge on any atom is -0.446 e. The first-order chi connectivity index (χ1) is 20.1. The number of rotatable bonds is 8. The van der Waals surface area contributed by atoms with E-state index >= 15 is 0 Å². The van der Waals surface area contributed by atoms with Crippen LogP contribution in [0.2, 0.25) is 0 Å². The molecule has 2 aromatic heterocycles. The highest BCUT2D eigenvalue weighted by molar-refractivity contribution is 5.90. The SMILES string of the molecule is CCC1CC(N(Cc2cc(C(F)(F)F)cc(C(F)(F)F)c2)c2nnn(CCN)n2)c2nc(C)ccc2N1C(=O)OC(C)C. The van der Waals surface area contributed by atoms with Gasteiger partial charge in [-0.3, -0.25) is 9.88 Å². The number of nitrogens with two attached hydrogens (primary N) is 1. The number of carbonyl (C=O) groups excluding carboxylic acids is 1. The lowest BCUT2D eigenvalue weighted by Gasteiger charge is -2.43. The van der Waals surface area contributed by atoms with E-state index in [0.717, 1.165) is 0 Å². The predicted molar refractivity (Wildman–Crippen MR) is 144 cm³/mol. The van der Waals surface area contributed by atoms with Crippen LogP contribution in [-0.4, -0.2) is 50.0 Å². The van der Waals surface area contributed by atoms with Crippen molar-refractivity contribution in [2.45, 2.75) is 84.2 Å². The Morgan fingerprint density at radius 2 is 1.77 bits per heavy atom. The van der Waals surface area contributed by atoms with Gasteiger partial charge in [0.05, 0.1) is 41.2 Å². The third-order valence-electron chi connectivity index (χ3n) is 6.89. The Balaban J connectivity index is 1.89. The second kappa shape index (κ2) is 12.3. The van der Waals surface area contributed by atoms with Crippen molar-refractivity contribution in [1.82, 2.24) is 25.2 Å². The summed E-state index contributed by atoms with van der Waals surface area (Å²) in [5.41, 5.74) is 3.79. The molecule has 0 saturated heterocycles. The molecule has 0 radical (unpaired) electrons. The van der Waals surface area contributed by atoms with Crippen LogP contribution < -0.4 is 15.5 Å². The minimum atomic E-state index is -5.02. The van der Waals surface area contributed by atoms with Gasteiger partial charge in [0.25, 0.3) is 5.95 Å². The number of aromatic nitrogens is 5. The molecule has 16 heteroatoms. The van der Waals surface area contributed by atoms with Gasteiger partial charge in [-0.25, -0.2) is 4.79 Å². The summed E-state index contributed by atoms with van der Waals surface area (Å²) in [5, 5.41) is 12.3. The number of pyridine rings is 1. The third kappa shape index (κ3) is 7.17. The monoisotopic (exact) mass is 614 g/mol. The van der Waals surface area contributed by atoms with Crippen molar-refractivity contribution < 1.29 is 35.9 Å². The van der Waals surface area contributed by atoms with Gasteiger partial charge >= 0.3 is 18.4 Å². The van der Waals surface area contributed by atoms with E-state index < -0.39 is 54.3 Å². The summed E-state index contributed by atoms with van der Waals surface area (Å²) < 4.78 is 87.7. The molecule has 3 aromatic rings. The van der Waals surface area contributed by atoms with Crippen LogP contribution in [0.1, 0.15) is 67.7 Å². The van der Waals surface area contributed by atoms with Gasteiger partial charge in [-0.2, -0.15) is 31.1 Å². The number of carbonyl (C=O) groups is 1. The summed E-state index contributed by atoms with van der Waals surface area (Å²) in [7, 11) is 0. The molecule has 0 aliphatic carbocycles. The van der Waals surface area contributed by atoms with E-state index in [4.69, 9.17) is 10.5 Å². The fourth-order valence-corrected chi connectivity index (χ4v) is 5.01. The number of amides is 1. The van der Waals surface area contributed by atoms with E-state index in [1.807, 2.05) is 6.92 Å². The van der Waals surface area contributed by atoms with Crippen LogP contribution in [-0.2, 0) is 30.2 Å². The van der Waals surface area contributed by atoms with E-state index in [-0.39, 0.29) is 37.1 Å². The van der Waals surface area contributed by atoms with Crippen molar-refractivity contribution in [3.8, 4) is 0 Å². The van der Waals surface area contributed by atoms with E-state index in [1.165, 1.54) is 14.6 Å². The zero-order chi connectivity index (χ0) is 31.7. The largest absolute Gasteiger partial charge is 0.446 e. The second-order valence-electron chi connectivity index (χ2n) is 10.5. The maximum atomic E-state index is 13.7. The molecule has 1 aromatic carbocycles. The van der Waals surface area contributed by atoms with Gasteiger partial charge in [0.1, 0.15) is 0 Å². The Kier molecular flexibility index (Phi) is 9.18. The van der Waals surface area contributed by atoms with Gasteiger partial charge in [0, 0.05) is 24.8 Å². The normalized spacial score (nSPS) is 17.3. The number of anilines is 2. The van der Waals surface area contributed by atoms with Gasteiger partial charge in [-0.05, 0) is 74.7 Å². The number of nitrogens with zero attached hydrogens (tertiary/aromatic N) is 7. The molecule has 43 heavy (non-hydrogen) atoms. The number of ether oxygens (including phenoxy) is 1. The molecular formula is C27H32F6N8O2. The van der Waals surface area contributed by atoms with Gasteiger partial charge in [-0.1, -0.05) is 12.0 Å². The number of benzene rings is 1. The molecule has 234 valence electrons. The Morgan fingerprint density at radius 3 is 2.33 bits per heavy atom. The number of fused-ring (bicyclic) bond motifs is 1.